The third kappa shape index (κ3) is 4.97. The first-order valence-electron chi connectivity index (χ1n) is 6.75. The predicted molar refractivity (Wildman–Crippen MR) is 67.4 cm³/mol. The van der Waals surface area contributed by atoms with Crippen molar-refractivity contribution in [2.24, 2.45) is 0 Å². The summed E-state index contributed by atoms with van der Waals surface area (Å²) in [5.41, 5.74) is 0. The normalized spacial score (nSPS) is 19.6. The standard InChI is InChI=1S/C13H26N2O/c1-3-9-14-12(2)8-11-15-10-6-4-5-7-13(15)16/h12,14H,3-11H2,1-2H3. The quantitative estimate of drug-likeness (QED) is 0.753. The van der Waals surface area contributed by atoms with Gasteiger partial charge in [0.1, 0.15) is 0 Å². The summed E-state index contributed by atoms with van der Waals surface area (Å²) in [7, 11) is 0. The first-order valence-corrected chi connectivity index (χ1v) is 6.75. The predicted octanol–water partition coefficient (Wildman–Crippen LogP) is 2.17. The summed E-state index contributed by atoms with van der Waals surface area (Å²) in [4.78, 5) is 13.8. The Morgan fingerprint density at radius 2 is 2.19 bits per heavy atom. The number of carbonyl (C=O) groups is 1. The molecular formula is C13H26N2O. The van der Waals surface area contributed by atoms with Gasteiger partial charge in [0, 0.05) is 25.6 Å². The lowest BCUT2D eigenvalue weighted by Gasteiger charge is -2.22. The number of likely N-dealkylation sites (tertiary alicyclic amines) is 1. The van der Waals surface area contributed by atoms with Crippen LogP contribution in [0.2, 0.25) is 0 Å². The molecule has 0 bridgehead atoms. The van der Waals surface area contributed by atoms with Crippen LogP contribution in [0.15, 0.2) is 0 Å². The molecule has 0 aromatic carbocycles. The van der Waals surface area contributed by atoms with Crippen molar-refractivity contribution in [1.82, 2.24) is 10.2 Å². The minimum atomic E-state index is 0.361. The summed E-state index contributed by atoms with van der Waals surface area (Å²) in [6.45, 7) is 7.36. The Kier molecular flexibility index (Phi) is 6.46. The molecule has 0 saturated carbocycles. The van der Waals surface area contributed by atoms with Crippen molar-refractivity contribution >= 4 is 5.91 Å². The van der Waals surface area contributed by atoms with E-state index in [9.17, 15) is 4.79 Å². The van der Waals surface area contributed by atoms with Gasteiger partial charge in [-0.25, -0.2) is 0 Å². The molecule has 1 aliphatic rings. The zero-order valence-corrected chi connectivity index (χ0v) is 10.8. The van der Waals surface area contributed by atoms with Crippen LogP contribution < -0.4 is 5.32 Å². The van der Waals surface area contributed by atoms with Crippen molar-refractivity contribution in [1.29, 1.82) is 0 Å². The van der Waals surface area contributed by atoms with Crippen molar-refractivity contribution in [2.45, 2.75) is 58.4 Å². The second kappa shape index (κ2) is 7.66. The maximum atomic E-state index is 11.7. The van der Waals surface area contributed by atoms with Gasteiger partial charge in [0.2, 0.25) is 5.91 Å². The average molecular weight is 226 g/mol. The molecule has 1 heterocycles. The monoisotopic (exact) mass is 226 g/mol. The highest BCUT2D eigenvalue weighted by Gasteiger charge is 2.16. The summed E-state index contributed by atoms with van der Waals surface area (Å²) < 4.78 is 0. The summed E-state index contributed by atoms with van der Waals surface area (Å²) in [6.07, 6.45) is 6.49. The molecule has 0 aromatic heterocycles. The van der Waals surface area contributed by atoms with Crippen molar-refractivity contribution in [3.05, 3.63) is 0 Å². The molecule has 16 heavy (non-hydrogen) atoms. The number of hydrogen-bond acceptors (Lipinski definition) is 2. The number of hydrogen-bond donors (Lipinski definition) is 1. The van der Waals surface area contributed by atoms with E-state index in [4.69, 9.17) is 0 Å². The smallest absolute Gasteiger partial charge is 0.222 e. The van der Waals surface area contributed by atoms with E-state index >= 15 is 0 Å². The highest BCUT2D eigenvalue weighted by atomic mass is 16.2. The summed E-state index contributed by atoms with van der Waals surface area (Å²) in [6, 6.07) is 0.524. The van der Waals surface area contributed by atoms with E-state index in [0.29, 0.717) is 11.9 Å². The SMILES string of the molecule is CCCNC(C)CCN1CCCCCC1=O. The molecule has 1 atom stereocenters. The van der Waals surface area contributed by atoms with Crippen molar-refractivity contribution < 1.29 is 4.79 Å². The molecule has 0 aliphatic carbocycles. The van der Waals surface area contributed by atoms with Crippen molar-refractivity contribution in [3.8, 4) is 0 Å². The summed E-state index contributed by atoms with van der Waals surface area (Å²) >= 11 is 0. The van der Waals surface area contributed by atoms with E-state index in [1.54, 1.807) is 0 Å². The number of amides is 1. The molecule has 1 fully saturated rings. The zero-order valence-electron chi connectivity index (χ0n) is 10.8. The minimum absolute atomic E-state index is 0.361. The van der Waals surface area contributed by atoms with Crippen LogP contribution in [-0.4, -0.2) is 36.5 Å². The maximum Gasteiger partial charge on any atom is 0.222 e. The second-order valence-electron chi connectivity index (χ2n) is 4.84. The lowest BCUT2D eigenvalue weighted by molar-refractivity contribution is -0.130. The van der Waals surface area contributed by atoms with E-state index in [0.717, 1.165) is 38.9 Å². The van der Waals surface area contributed by atoms with Gasteiger partial charge in [-0.05, 0) is 39.2 Å². The molecule has 3 heteroatoms. The number of nitrogens with one attached hydrogen (secondary N) is 1. The zero-order chi connectivity index (χ0) is 11.8. The molecule has 3 nitrogen and oxygen atoms in total. The molecular weight excluding hydrogens is 200 g/mol. The van der Waals surface area contributed by atoms with Crippen LogP contribution in [0.5, 0.6) is 0 Å². The fraction of sp³-hybridized carbons (Fsp3) is 0.923. The van der Waals surface area contributed by atoms with Gasteiger partial charge >= 0.3 is 0 Å². The largest absolute Gasteiger partial charge is 0.343 e. The molecule has 1 amide bonds. The van der Waals surface area contributed by atoms with Crippen molar-refractivity contribution in [2.75, 3.05) is 19.6 Å². The molecule has 1 N–H and O–H groups in total. The molecule has 1 saturated heterocycles. The van der Waals surface area contributed by atoms with E-state index in [1.807, 2.05) is 0 Å². The van der Waals surface area contributed by atoms with Crippen molar-refractivity contribution in [3.63, 3.8) is 0 Å². The van der Waals surface area contributed by atoms with Crippen LogP contribution in [0.4, 0.5) is 0 Å². The topological polar surface area (TPSA) is 32.3 Å². The van der Waals surface area contributed by atoms with Gasteiger partial charge < -0.3 is 10.2 Å². The Labute approximate surface area is 99.6 Å². The number of rotatable bonds is 6. The molecule has 0 radical (unpaired) electrons. The second-order valence-corrected chi connectivity index (χ2v) is 4.84. The van der Waals surface area contributed by atoms with E-state index < -0.39 is 0 Å². The van der Waals surface area contributed by atoms with E-state index in [1.165, 1.54) is 19.3 Å². The third-order valence-corrected chi connectivity index (χ3v) is 3.25. The molecule has 94 valence electrons. The molecule has 0 spiro atoms. The number of carbonyl (C=O) groups excluding carboxylic acids is 1. The van der Waals surface area contributed by atoms with Crippen LogP contribution >= 0.6 is 0 Å². The summed E-state index contributed by atoms with van der Waals surface area (Å²) in [5.74, 6) is 0.361. The van der Waals surface area contributed by atoms with Gasteiger partial charge in [0.25, 0.3) is 0 Å². The van der Waals surface area contributed by atoms with E-state index in [-0.39, 0.29) is 0 Å². The Balaban J connectivity index is 2.21. The summed E-state index contributed by atoms with van der Waals surface area (Å²) in [5, 5.41) is 3.46. The Bertz CT molecular complexity index is 206. The van der Waals surface area contributed by atoms with E-state index in [2.05, 4.69) is 24.1 Å². The average Bonchev–Trinajstić information content (AvgIpc) is 2.48. The maximum absolute atomic E-state index is 11.7. The fourth-order valence-electron chi connectivity index (χ4n) is 2.12. The van der Waals surface area contributed by atoms with Gasteiger partial charge in [-0.15, -0.1) is 0 Å². The molecule has 1 unspecified atom stereocenters. The minimum Gasteiger partial charge on any atom is -0.343 e. The molecule has 0 aromatic rings. The van der Waals surface area contributed by atoms with Gasteiger partial charge in [-0.3, -0.25) is 4.79 Å². The Morgan fingerprint density at radius 3 is 2.94 bits per heavy atom. The van der Waals surface area contributed by atoms with Crippen LogP contribution in [-0.2, 0) is 4.79 Å². The van der Waals surface area contributed by atoms with Crippen LogP contribution in [0.25, 0.3) is 0 Å². The van der Waals surface area contributed by atoms with Gasteiger partial charge in [0.15, 0.2) is 0 Å². The first-order chi connectivity index (χ1) is 7.74. The van der Waals surface area contributed by atoms with Crippen LogP contribution in [0.3, 0.4) is 0 Å². The van der Waals surface area contributed by atoms with Gasteiger partial charge in [0.05, 0.1) is 0 Å². The molecule has 1 aliphatic heterocycles. The Morgan fingerprint density at radius 1 is 1.38 bits per heavy atom. The van der Waals surface area contributed by atoms with Crippen LogP contribution in [0, 0.1) is 0 Å². The molecule has 1 rings (SSSR count). The lowest BCUT2D eigenvalue weighted by atomic mass is 10.2. The first kappa shape index (κ1) is 13.5. The third-order valence-electron chi connectivity index (χ3n) is 3.25. The van der Waals surface area contributed by atoms with Crippen LogP contribution in [0.1, 0.15) is 52.4 Å². The van der Waals surface area contributed by atoms with Gasteiger partial charge in [-0.1, -0.05) is 13.3 Å². The highest BCUT2D eigenvalue weighted by Crippen LogP contribution is 2.11. The number of nitrogens with zero attached hydrogens (tertiary/aromatic N) is 1. The fourth-order valence-corrected chi connectivity index (χ4v) is 2.12. The Hall–Kier alpha value is -0.570. The van der Waals surface area contributed by atoms with Gasteiger partial charge in [-0.2, -0.15) is 0 Å². The highest BCUT2D eigenvalue weighted by molar-refractivity contribution is 5.76. The lowest BCUT2D eigenvalue weighted by Crippen LogP contribution is -2.36.